The number of hydrogen-bond acceptors (Lipinski definition) is 2. The molecule has 2 aromatic carbocycles. The Morgan fingerprint density at radius 1 is 1.14 bits per heavy atom. The van der Waals surface area contributed by atoms with E-state index in [2.05, 4.69) is 4.72 Å². The highest BCUT2D eigenvalue weighted by atomic mass is 32.2. The van der Waals surface area contributed by atoms with E-state index < -0.39 is 15.8 Å². The van der Waals surface area contributed by atoms with Gasteiger partial charge in [0.1, 0.15) is 5.82 Å². The summed E-state index contributed by atoms with van der Waals surface area (Å²) in [6.07, 6.45) is 0.628. The van der Waals surface area contributed by atoms with Crippen molar-refractivity contribution in [2.75, 3.05) is 0 Å². The van der Waals surface area contributed by atoms with Crippen LogP contribution in [-0.2, 0) is 10.0 Å². The molecule has 0 aliphatic rings. The maximum absolute atomic E-state index is 13.3. The number of rotatable bonds is 5. The number of sulfonamides is 1. The first-order valence-corrected chi connectivity index (χ1v) is 8.26. The highest BCUT2D eigenvalue weighted by molar-refractivity contribution is 7.89. The quantitative estimate of drug-likeness (QED) is 0.918. The molecule has 0 aliphatic heterocycles. The van der Waals surface area contributed by atoms with Crippen LogP contribution in [-0.4, -0.2) is 8.42 Å². The van der Waals surface area contributed by atoms with Crippen molar-refractivity contribution < 1.29 is 12.8 Å². The van der Waals surface area contributed by atoms with Crippen LogP contribution < -0.4 is 4.72 Å². The summed E-state index contributed by atoms with van der Waals surface area (Å²) in [6, 6.07) is 12.9. The molecule has 0 amide bonds. The molecule has 0 fully saturated rings. The smallest absolute Gasteiger partial charge is 0.207 e. The molecule has 0 saturated heterocycles. The minimum atomic E-state index is -3.68. The molecule has 1 N–H and O–H groups in total. The SMILES string of the molecule is CC[C@H](NS(=O)(=O)c1ccc(F)c(C)c1)c1ccccc1. The van der Waals surface area contributed by atoms with Crippen molar-refractivity contribution in [3.05, 3.63) is 65.5 Å². The highest BCUT2D eigenvalue weighted by Gasteiger charge is 2.20. The number of nitrogens with one attached hydrogen (secondary N) is 1. The lowest BCUT2D eigenvalue weighted by Gasteiger charge is -2.17. The van der Waals surface area contributed by atoms with Crippen LogP contribution >= 0.6 is 0 Å². The molecule has 1 atom stereocenters. The summed E-state index contributed by atoms with van der Waals surface area (Å²) in [4.78, 5) is 0.0794. The van der Waals surface area contributed by atoms with Gasteiger partial charge in [-0.2, -0.15) is 0 Å². The molecule has 0 aliphatic carbocycles. The monoisotopic (exact) mass is 307 g/mol. The third kappa shape index (κ3) is 3.68. The summed E-state index contributed by atoms with van der Waals surface area (Å²) < 4.78 is 40.7. The van der Waals surface area contributed by atoms with Crippen molar-refractivity contribution >= 4 is 10.0 Å². The topological polar surface area (TPSA) is 46.2 Å². The Morgan fingerprint density at radius 2 is 1.81 bits per heavy atom. The Hall–Kier alpha value is -1.72. The van der Waals surface area contributed by atoms with Gasteiger partial charge in [0.05, 0.1) is 4.90 Å². The van der Waals surface area contributed by atoms with Crippen molar-refractivity contribution in [2.24, 2.45) is 0 Å². The van der Waals surface area contributed by atoms with E-state index in [4.69, 9.17) is 0 Å². The van der Waals surface area contributed by atoms with Crippen LogP contribution in [0.4, 0.5) is 4.39 Å². The normalized spacial score (nSPS) is 13.1. The van der Waals surface area contributed by atoms with Gasteiger partial charge in [0, 0.05) is 6.04 Å². The number of aryl methyl sites for hydroxylation is 1. The molecule has 0 radical (unpaired) electrons. The second kappa shape index (κ2) is 6.37. The first kappa shape index (κ1) is 15.7. The Balaban J connectivity index is 2.29. The van der Waals surface area contributed by atoms with Crippen molar-refractivity contribution in [1.29, 1.82) is 0 Å². The zero-order chi connectivity index (χ0) is 15.5. The maximum Gasteiger partial charge on any atom is 0.241 e. The Kier molecular flexibility index (Phi) is 4.75. The van der Waals surface area contributed by atoms with Gasteiger partial charge in [0.25, 0.3) is 0 Å². The predicted molar refractivity (Wildman–Crippen MR) is 80.9 cm³/mol. The summed E-state index contributed by atoms with van der Waals surface area (Å²) in [7, 11) is -3.68. The fourth-order valence-electron chi connectivity index (χ4n) is 2.11. The molecule has 0 heterocycles. The van der Waals surface area contributed by atoms with Gasteiger partial charge < -0.3 is 0 Å². The first-order chi connectivity index (χ1) is 9.94. The molecule has 5 heteroatoms. The lowest BCUT2D eigenvalue weighted by atomic mass is 10.1. The molecule has 112 valence electrons. The fourth-order valence-corrected chi connectivity index (χ4v) is 3.50. The molecule has 21 heavy (non-hydrogen) atoms. The first-order valence-electron chi connectivity index (χ1n) is 6.77. The molecule has 0 saturated carbocycles. The lowest BCUT2D eigenvalue weighted by molar-refractivity contribution is 0.549. The Morgan fingerprint density at radius 3 is 2.38 bits per heavy atom. The Bertz CT molecular complexity index is 714. The lowest BCUT2D eigenvalue weighted by Crippen LogP contribution is -2.28. The molecular formula is C16H18FNO2S. The second-order valence-corrected chi connectivity index (χ2v) is 6.62. The minimum absolute atomic E-state index is 0.0794. The van der Waals surface area contributed by atoms with E-state index in [9.17, 15) is 12.8 Å². The number of halogens is 1. The molecular weight excluding hydrogens is 289 g/mol. The third-order valence-corrected chi connectivity index (χ3v) is 4.82. The van der Waals surface area contributed by atoms with Gasteiger partial charge in [0.2, 0.25) is 10.0 Å². The van der Waals surface area contributed by atoms with Crippen molar-refractivity contribution in [2.45, 2.75) is 31.2 Å². The third-order valence-electron chi connectivity index (χ3n) is 3.35. The van der Waals surface area contributed by atoms with Crippen LogP contribution in [0, 0.1) is 12.7 Å². The van der Waals surface area contributed by atoms with E-state index >= 15 is 0 Å². The minimum Gasteiger partial charge on any atom is -0.207 e. The van der Waals surface area contributed by atoms with E-state index in [1.807, 2.05) is 37.3 Å². The summed E-state index contributed by atoms with van der Waals surface area (Å²) in [5.41, 5.74) is 1.22. The average Bonchev–Trinajstić information content (AvgIpc) is 2.48. The Labute approximate surface area is 124 Å². The number of hydrogen-bond donors (Lipinski definition) is 1. The van der Waals surface area contributed by atoms with E-state index in [-0.39, 0.29) is 10.9 Å². The molecule has 0 bridgehead atoms. The van der Waals surface area contributed by atoms with Crippen molar-refractivity contribution in [1.82, 2.24) is 4.72 Å². The van der Waals surface area contributed by atoms with Gasteiger partial charge in [-0.3, -0.25) is 0 Å². The standard InChI is InChI=1S/C16H18FNO2S/c1-3-16(13-7-5-4-6-8-13)18-21(19,20)14-9-10-15(17)12(2)11-14/h4-11,16,18H,3H2,1-2H3/t16-/m0/s1. The van der Waals surface area contributed by atoms with Crippen molar-refractivity contribution in [3.8, 4) is 0 Å². The average molecular weight is 307 g/mol. The summed E-state index contributed by atoms with van der Waals surface area (Å²) in [6.45, 7) is 3.46. The number of benzene rings is 2. The van der Waals surface area contributed by atoms with E-state index in [0.717, 1.165) is 5.56 Å². The fraction of sp³-hybridized carbons (Fsp3) is 0.250. The molecule has 2 rings (SSSR count). The molecule has 0 unspecified atom stereocenters. The zero-order valence-corrected chi connectivity index (χ0v) is 12.8. The van der Waals surface area contributed by atoms with Crippen LogP contribution in [0.2, 0.25) is 0 Å². The largest absolute Gasteiger partial charge is 0.241 e. The van der Waals surface area contributed by atoms with E-state index in [1.54, 1.807) is 6.92 Å². The van der Waals surface area contributed by atoms with Crippen LogP contribution in [0.25, 0.3) is 0 Å². The van der Waals surface area contributed by atoms with Gasteiger partial charge in [-0.25, -0.2) is 17.5 Å². The van der Waals surface area contributed by atoms with Crippen molar-refractivity contribution in [3.63, 3.8) is 0 Å². The van der Waals surface area contributed by atoms with Gasteiger partial charge in [-0.1, -0.05) is 37.3 Å². The van der Waals surface area contributed by atoms with Gasteiger partial charge in [-0.15, -0.1) is 0 Å². The van der Waals surface area contributed by atoms with Gasteiger partial charge in [-0.05, 0) is 42.7 Å². The predicted octanol–water partition coefficient (Wildman–Crippen LogP) is 3.56. The highest BCUT2D eigenvalue weighted by Crippen LogP contribution is 2.21. The molecule has 3 nitrogen and oxygen atoms in total. The van der Waals surface area contributed by atoms with E-state index in [0.29, 0.717) is 12.0 Å². The summed E-state index contributed by atoms with van der Waals surface area (Å²) >= 11 is 0. The van der Waals surface area contributed by atoms with Gasteiger partial charge in [0.15, 0.2) is 0 Å². The van der Waals surface area contributed by atoms with Gasteiger partial charge >= 0.3 is 0 Å². The van der Waals surface area contributed by atoms with E-state index in [1.165, 1.54) is 18.2 Å². The molecule has 0 spiro atoms. The van der Waals surface area contributed by atoms with Crippen LogP contribution in [0.15, 0.2) is 53.4 Å². The summed E-state index contributed by atoms with van der Waals surface area (Å²) in [5, 5.41) is 0. The molecule has 0 aromatic heterocycles. The second-order valence-electron chi connectivity index (χ2n) is 4.90. The summed E-state index contributed by atoms with van der Waals surface area (Å²) in [5.74, 6) is -0.413. The van der Waals surface area contributed by atoms with Crippen LogP contribution in [0.3, 0.4) is 0 Å². The van der Waals surface area contributed by atoms with Crippen LogP contribution in [0.5, 0.6) is 0 Å². The van der Waals surface area contributed by atoms with Crippen LogP contribution in [0.1, 0.15) is 30.5 Å². The maximum atomic E-state index is 13.3. The zero-order valence-electron chi connectivity index (χ0n) is 12.0. The molecule has 2 aromatic rings.